The fourth-order valence-corrected chi connectivity index (χ4v) is 2.21. The Balaban J connectivity index is 1.87. The summed E-state index contributed by atoms with van der Waals surface area (Å²) < 4.78 is 0. The number of hydrogen-bond donors (Lipinski definition) is 2. The summed E-state index contributed by atoms with van der Waals surface area (Å²) in [4.78, 5) is 38.1. The number of H-pyrrole nitrogens is 1. The van der Waals surface area contributed by atoms with E-state index in [0.29, 0.717) is 4.88 Å². The van der Waals surface area contributed by atoms with Crippen molar-refractivity contribution in [1.82, 2.24) is 4.98 Å². The summed E-state index contributed by atoms with van der Waals surface area (Å²) in [7, 11) is 0. The number of Topliss-reactive ketones (excluding diaryl/α,β-unsaturated/α-hetero) is 1. The lowest BCUT2D eigenvalue weighted by atomic mass is 10.2. The fraction of sp³-hybridized carbons (Fsp3) is 0.154. The smallest absolute Gasteiger partial charge is 0.224 e. The molecule has 6 heteroatoms. The minimum Gasteiger partial charge on any atom is -0.366 e. The number of ketones is 1. The predicted molar refractivity (Wildman–Crippen MR) is 73.6 cm³/mol. The van der Waals surface area contributed by atoms with Gasteiger partial charge in [0, 0.05) is 31.3 Å². The second-order valence-corrected chi connectivity index (χ2v) is 4.82. The molecule has 98 valence electrons. The van der Waals surface area contributed by atoms with E-state index in [0.717, 1.165) is 0 Å². The van der Waals surface area contributed by atoms with E-state index in [2.05, 4.69) is 10.3 Å². The van der Waals surface area contributed by atoms with E-state index < -0.39 is 0 Å². The summed E-state index contributed by atoms with van der Waals surface area (Å²) in [5.74, 6) is -0.409. The van der Waals surface area contributed by atoms with Gasteiger partial charge in [-0.3, -0.25) is 14.4 Å². The topological polar surface area (TPSA) is 79.0 Å². The van der Waals surface area contributed by atoms with Gasteiger partial charge in [0.1, 0.15) is 5.69 Å². The Labute approximate surface area is 113 Å². The maximum atomic E-state index is 11.7. The van der Waals surface area contributed by atoms with Crippen LogP contribution in [0.3, 0.4) is 0 Å². The van der Waals surface area contributed by atoms with Crippen molar-refractivity contribution in [2.24, 2.45) is 0 Å². The van der Waals surface area contributed by atoms with Crippen molar-refractivity contribution < 1.29 is 9.59 Å². The van der Waals surface area contributed by atoms with E-state index in [9.17, 15) is 14.4 Å². The number of anilines is 1. The monoisotopic (exact) mass is 276 g/mol. The highest BCUT2D eigenvalue weighted by atomic mass is 32.1. The van der Waals surface area contributed by atoms with Gasteiger partial charge >= 0.3 is 0 Å². The van der Waals surface area contributed by atoms with Crippen molar-refractivity contribution >= 4 is 28.7 Å². The number of aromatic amines is 1. The molecule has 2 rings (SSSR count). The highest BCUT2D eigenvalue weighted by molar-refractivity contribution is 7.12. The average molecular weight is 276 g/mol. The third-order valence-electron chi connectivity index (χ3n) is 2.47. The van der Waals surface area contributed by atoms with Gasteiger partial charge in [-0.1, -0.05) is 6.07 Å². The zero-order valence-electron chi connectivity index (χ0n) is 10.0. The molecule has 0 saturated carbocycles. The van der Waals surface area contributed by atoms with Gasteiger partial charge in [-0.05, 0) is 11.4 Å². The first-order chi connectivity index (χ1) is 9.16. The van der Waals surface area contributed by atoms with Crippen molar-refractivity contribution in [3.05, 3.63) is 51.1 Å². The molecular weight excluding hydrogens is 264 g/mol. The molecule has 0 aliphatic carbocycles. The van der Waals surface area contributed by atoms with E-state index in [4.69, 9.17) is 0 Å². The Morgan fingerprint density at radius 1 is 1.26 bits per heavy atom. The lowest BCUT2D eigenvalue weighted by Crippen LogP contribution is -2.18. The fourth-order valence-electron chi connectivity index (χ4n) is 1.51. The molecule has 0 unspecified atom stereocenters. The first kappa shape index (κ1) is 13.2. The number of carbonyl (C=O) groups excluding carboxylic acids is 2. The first-order valence-corrected chi connectivity index (χ1v) is 6.58. The van der Waals surface area contributed by atoms with Crippen LogP contribution in [0.15, 0.2) is 40.8 Å². The van der Waals surface area contributed by atoms with Crippen molar-refractivity contribution in [1.29, 1.82) is 0 Å². The third-order valence-corrected chi connectivity index (χ3v) is 3.38. The first-order valence-electron chi connectivity index (χ1n) is 5.70. The molecule has 0 aliphatic rings. The molecule has 5 nitrogen and oxygen atoms in total. The second-order valence-electron chi connectivity index (χ2n) is 3.87. The van der Waals surface area contributed by atoms with Crippen LogP contribution in [0.1, 0.15) is 22.5 Å². The molecule has 2 aromatic heterocycles. The summed E-state index contributed by atoms with van der Waals surface area (Å²) in [6, 6.07) is 4.85. The zero-order valence-corrected chi connectivity index (χ0v) is 10.8. The number of nitrogens with one attached hydrogen (secondary N) is 2. The van der Waals surface area contributed by atoms with Gasteiger partial charge in [0.25, 0.3) is 0 Å². The molecule has 0 saturated heterocycles. The number of hydrogen-bond acceptors (Lipinski definition) is 4. The summed E-state index contributed by atoms with van der Waals surface area (Å²) >= 11 is 1.35. The summed E-state index contributed by atoms with van der Waals surface area (Å²) in [5, 5.41) is 4.30. The average Bonchev–Trinajstić information content (AvgIpc) is 2.93. The molecule has 1 amide bonds. The van der Waals surface area contributed by atoms with E-state index in [1.54, 1.807) is 12.1 Å². The zero-order chi connectivity index (χ0) is 13.7. The van der Waals surface area contributed by atoms with Crippen LogP contribution in [0.5, 0.6) is 0 Å². The SMILES string of the molecule is O=C(CCC(=O)c1cccs1)Nc1c[nH]ccc1=O. The Morgan fingerprint density at radius 2 is 2.11 bits per heavy atom. The summed E-state index contributed by atoms with van der Waals surface area (Å²) in [5.41, 5.74) is -0.0762. The van der Waals surface area contributed by atoms with Crippen LogP contribution in [0.25, 0.3) is 0 Å². The van der Waals surface area contributed by atoms with Crippen LogP contribution in [-0.4, -0.2) is 16.7 Å². The van der Waals surface area contributed by atoms with Crippen molar-refractivity contribution in [3.8, 4) is 0 Å². The molecule has 0 atom stereocenters. The van der Waals surface area contributed by atoms with E-state index in [1.165, 1.54) is 29.8 Å². The molecule has 0 bridgehead atoms. The molecule has 0 aromatic carbocycles. The summed E-state index contributed by atoms with van der Waals surface area (Å²) in [6.45, 7) is 0. The molecule has 0 aliphatic heterocycles. The van der Waals surface area contributed by atoms with Crippen LogP contribution in [0.2, 0.25) is 0 Å². The largest absolute Gasteiger partial charge is 0.366 e. The predicted octanol–water partition coefficient (Wildman–Crippen LogP) is 2.04. The maximum absolute atomic E-state index is 11.7. The molecule has 2 heterocycles. The van der Waals surface area contributed by atoms with Crippen LogP contribution in [-0.2, 0) is 4.79 Å². The van der Waals surface area contributed by atoms with Gasteiger partial charge in [-0.2, -0.15) is 0 Å². The quantitative estimate of drug-likeness (QED) is 0.820. The van der Waals surface area contributed by atoms with Gasteiger partial charge < -0.3 is 10.3 Å². The van der Waals surface area contributed by atoms with E-state index >= 15 is 0 Å². The molecule has 2 aromatic rings. The number of rotatable bonds is 5. The highest BCUT2D eigenvalue weighted by Gasteiger charge is 2.11. The number of thiophene rings is 1. The number of pyridine rings is 1. The van der Waals surface area contributed by atoms with E-state index in [1.807, 2.05) is 5.38 Å². The Bertz CT molecular complexity index is 631. The number of amides is 1. The van der Waals surface area contributed by atoms with Crippen LogP contribution in [0, 0.1) is 0 Å². The van der Waals surface area contributed by atoms with E-state index in [-0.39, 0.29) is 35.6 Å². The lowest BCUT2D eigenvalue weighted by Gasteiger charge is -2.03. The Kier molecular flexibility index (Phi) is 4.25. The van der Waals surface area contributed by atoms with Crippen molar-refractivity contribution in [2.75, 3.05) is 5.32 Å². The van der Waals surface area contributed by atoms with Crippen molar-refractivity contribution in [3.63, 3.8) is 0 Å². The van der Waals surface area contributed by atoms with Gasteiger partial charge in [0.2, 0.25) is 11.3 Å². The van der Waals surface area contributed by atoms with Crippen LogP contribution in [0.4, 0.5) is 5.69 Å². The molecule has 0 radical (unpaired) electrons. The van der Waals surface area contributed by atoms with Crippen LogP contribution < -0.4 is 10.7 Å². The van der Waals surface area contributed by atoms with Gasteiger partial charge in [-0.15, -0.1) is 11.3 Å². The molecule has 19 heavy (non-hydrogen) atoms. The van der Waals surface area contributed by atoms with Crippen molar-refractivity contribution in [2.45, 2.75) is 12.8 Å². The maximum Gasteiger partial charge on any atom is 0.224 e. The number of carbonyl (C=O) groups is 2. The highest BCUT2D eigenvalue weighted by Crippen LogP contribution is 2.12. The number of aromatic nitrogens is 1. The minimum absolute atomic E-state index is 0.0606. The van der Waals surface area contributed by atoms with Gasteiger partial charge in [-0.25, -0.2) is 0 Å². The molecule has 2 N–H and O–H groups in total. The molecule has 0 spiro atoms. The Hall–Kier alpha value is -2.21. The lowest BCUT2D eigenvalue weighted by molar-refractivity contribution is -0.116. The minimum atomic E-state index is -0.346. The van der Waals surface area contributed by atoms with Gasteiger partial charge in [0.15, 0.2) is 5.78 Å². The Morgan fingerprint density at radius 3 is 2.79 bits per heavy atom. The normalized spacial score (nSPS) is 10.1. The second kappa shape index (κ2) is 6.10. The third kappa shape index (κ3) is 3.62. The standard InChI is InChI=1S/C13H12N2O3S/c16-10-5-6-14-8-9(10)15-13(18)4-3-11(17)12-2-1-7-19-12/h1-2,5-8H,3-4H2,(H,14,16)(H,15,18). The molecule has 0 fully saturated rings. The van der Waals surface area contributed by atoms with Crippen LogP contribution >= 0.6 is 11.3 Å². The molecular formula is C13H12N2O3S. The van der Waals surface area contributed by atoms with Gasteiger partial charge in [0.05, 0.1) is 4.88 Å². The summed E-state index contributed by atoms with van der Waals surface area (Å²) in [6.07, 6.45) is 3.10.